The van der Waals surface area contributed by atoms with Crippen LogP contribution in [-0.4, -0.2) is 32.1 Å². The highest BCUT2D eigenvalue weighted by molar-refractivity contribution is 5.95. The molecule has 3 aromatic carbocycles. The first-order chi connectivity index (χ1) is 15.0. The fourth-order valence-electron chi connectivity index (χ4n) is 2.77. The van der Waals surface area contributed by atoms with Gasteiger partial charge in [-0.05, 0) is 55.0 Å². The summed E-state index contributed by atoms with van der Waals surface area (Å²) in [6.45, 7) is 1.65. The molecule has 2 N–H and O–H groups in total. The molecule has 0 aliphatic carbocycles. The van der Waals surface area contributed by atoms with Crippen LogP contribution in [0, 0.1) is 6.92 Å². The molecule has 0 fully saturated rings. The van der Waals surface area contributed by atoms with Crippen LogP contribution in [0.2, 0.25) is 0 Å². The zero-order valence-electron chi connectivity index (χ0n) is 17.4. The van der Waals surface area contributed by atoms with E-state index in [0.717, 1.165) is 5.56 Å². The number of benzene rings is 3. The first kappa shape index (κ1) is 21.7. The monoisotopic (exact) mass is 420 g/mol. The molecule has 0 heterocycles. The van der Waals surface area contributed by atoms with Gasteiger partial charge < -0.3 is 24.8 Å². The van der Waals surface area contributed by atoms with Crippen LogP contribution in [0.1, 0.15) is 5.56 Å². The molecule has 0 saturated heterocycles. The highest BCUT2D eigenvalue weighted by Crippen LogP contribution is 2.27. The zero-order chi connectivity index (χ0) is 22.1. The Morgan fingerprint density at radius 2 is 1.39 bits per heavy atom. The van der Waals surface area contributed by atoms with E-state index in [9.17, 15) is 9.59 Å². The molecule has 0 unspecified atom stereocenters. The van der Waals surface area contributed by atoms with E-state index in [4.69, 9.17) is 14.2 Å². The molecule has 7 heteroatoms. The lowest BCUT2D eigenvalue weighted by molar-refractivity contribution is -0.118. The van der Waals surface area contributed by atoms with Gasteiger partial charge in [0, 0.05) is 11.4 Å². The first-order valence-electron chi connectivity index (χ1n) is 9.68. The summed E-state index contributed by atoms with van der Waals surface area (Å²) < 4.78 is 16.3. The summed E-state index contributed by atoms with van der Waals surface area (Å²) in [5, 5.41) is 5.49. The second-order valence-electron chi connectivity index (χ2n) is 6.72. The van der Waals surface area contributed by atoms with E-state index >= 15 is 0 Å². The molecule has 0 saturated carbocycles. The number of anilines is 2. The molecule has 0 atom stereocenters. The van der Waals surface area contributed by atoms with Crippen LogP contribution in [0.3, 0.4) is 0 Å². The Morgan fingerprint density at radius 1 is 0.742 bits per heavy atom. The van der Waals surface area contributed by atoms with Gasteiger partial charge in [0.15, 0.2) is 24.7 Å². The van der Waals surface area contributed by atoms with Crippen LogP contribution in [0.4, 0.5) is 11.4 Å². The Balaban J connectivity index is 1.50. The van der Waals surface area contributed by atoms with Gasteiger partial charge in [-0.1, -0.05) is 30.3 Å². The molecular weight excluding hydrogens is 396 g/mol. The van der Waals surface area contributed by atoms with Gasteiger partial charge in [0.25, 0.3) is 11.8 Å². The van der Waals surface area contributed by atoms with E-state index in [1.807, 2.05) is 37.3 Å². The second-order valence-corrected chi connectivity index (χ2v) is 6.72. The van der Waals surface area contributed by atoms with Gasteiger partial charge >= 0.3 is 0 Å². The summed E-state index contributed by atoms with van der Waals surface area (Å²) in [6, 6.07) is 21.4. The summed E-state index contributed by atoms with van der Waals surface area (Å²) in [7, 11) is 1.55. The molecule has 160 valence electrons. The largest absolute Gasteiger partial charge is 0.493 e. The van der Waals surface area contributed by atoms with E-state index in [2.05, 4.69) is 10.6 Å². The summed E-state index contributed by atoms with van der Waals surface area (Å²) >= 11 is 0. The fourth-order valence-corrected chi connectivity index (χ4v) is 2.77. The van der Waals surface area contributed by atoms with Gasteiger partial charge in [-0.2, -0.15) is 0 Å². The van der Waals surface area contributed by atoms with Crippen molar-refractivity contribution >= 4 is 23.2 Å². The highest BCUT2D eigenvalue weighted by atomic mass is 16.5. The predicted octanol–water partition coefficient (Wildman–Crippen LogP) is 4.04. The minimum Gasteiger partial charge on any atom is -0.493 e. The normalized spacial score (nSPS) is 10.1. The first-order valence-corrected chi connectivity index (χ1v) is 9.68. The van der Waals surface area contributed by atoms with E-state index in [1.54, 1.807) is 49.6 Å². The molecule has 7 nitrogen and oxygen atoms in total. The number of carbonyl (C=O) groups excluding carboxylic acids is 2. The van der Waals surface area contributed by atoms with E-state index in [1.165, 1.54) is 0 Å². The van der Waals surface area contributed by atoms with Gasteiger partial charge in [0.2, 0.25) is 0 Å². The lowest BCUT2D eigenvalue weighted by Crippen LogP contribution is -2.21. The minimum atomic E-state index is -0.335. The molecule has 0 aromatic heterocycles. The van der Waals surface area contributed by atoms with Gasteiger partial charge in [-0.3, -0.25) is 9.59 Å². The van der Waals surface area contributed by atoms with E-state index < -0.39 is 0 Å². The van der Waals surface area contributed by atoms with Crippen LogP contribution in [0.15, 0.2) is 72.8 Å². The van der Waals surface area contributed by atoms with Crippen molar-refractivity contribution in [3.05, 3.63) is 78.4 Å². The van der Waals surface area contributed by atoms with Crippen molar-refractivity contribution in [2.24, 2.45) is 0 Å². The van der Waals surface area contributed by atoms with Crippen LogP contribution in [0.5, 0.6) is 17.2 Å². The zero-order valence-corrected chi connectivity index (χ0v) is 17.4. The molecule has 0 aliphatic rings. The van der Waals surface area contributed by atoms with Crippen molar-refractivity contribution in [1.82, 2.24) is 0 Å². The SMILES string of the molecule is COc1cc(C)ccc1OCC(=O)Nc1cccc(NC(=O)COc2ccccc2)c1. The number of methoxy groups -OCH3 is 1. The summed E-state index contributed by atoms with van der Waals surface area (Å²) in [4.78, 5) is 24.4. The van der Waals surface area contributed by atoms with Gasteiger partial charge in [0.1, 0.15) is 5.75 Å². The molecule has 0 radical (unpaired) electrons. The van der Waals surface area contributed by atoms with Crippen molar-refractivity contribution in [2.45, 2.75) is 6.92 Å². The van der Waals surface area contributed by atoms with E-state index in [-0.39, 0.29) is 25.0 Å². The quantitative estimate of drug-likeness (QED) is 0.546. The van der Waals surface area contributed by atoms with Crippen molar-refractivity contribution < 1.29 is 23.8 Å². The van der Waals surface area contributed by atoms with E-state index in [0.29, 0.717) is 28.6 Å². The van der Waals surface area contributed by atoms with Crippen molar-refractivity contribution in [2.75, 3.05) is 31.0 Å². The number of amides is 2. The van der Waals surface area contributed by atoms with Crippen LogP contribution >= 0.6 is 0 Å². The third-order valence-corrected chi connectivity index (χ3v) is 4.22. The number of hydrogen-bond donors (Lipinski definition) is 2. The summed E-state index contributed by atoms with van der Waals surface area (Å²) in [5.74, 6) is 1.03. The Bertz CT molecular complexity index is 1040. The average molecular weight is 420 g/mol. The maximum Gasteiger partial charge on any atom is 0.262 e. The topological polar surface area (TPSA) is 85.9 Å². The lowest BCUT2D eigenvalue weighted by Gasteiger charge is -2.12. The Hall–Kier alpha value is -4.00. The lowest BCUT2D eigenvalue weighted by atomic mass is 10.2. The number of para-hydroxylation sites is 1. The maximum atomic E-state index is 12.3. The number of rotatable bonds is 9. The second kappa shape index (κ2) is 10.7. The van der Waals surface area contributed by atoms with Gasteiger partial charge in [0.05, 0.1) is 7.11 Å². The number of ether oxygens (including phenoxy) is 3. The molecule has 31 heavy (non-hydrogen) atoms. The van der Waals surface area contributed by atoms with Gasteiger partial charge in [-0.15, -0.1) is 0 Å². The summed E-state index contributed by atoms with van der Waals surface area (Å²) in [5.41, 5.74) is 2.11. The molecule has 3 rings (SSSR count). The number of nitrogens with one attached hydrogen (secondary N) is 2. The molecule has 0 bridgehead atoms. The van der Waals surface area contributed by atoms with Crippen LogP contribution in [0.25, 0.3) is 0 Å². The number of hydrogen-bond acceptors (Lipinski definition) is 5. The minimum absolute atomic E-state index is 0.118. The molecule has 0 spiro atoms. The van der Waals surface area contributed by atoms with Crippen molar-refractivity contribution in [1.29, 1.82) is 0 Å². The molecule has 3 aromatic rings. The predicted molar refractivity (Wildman–Crippen MR) is 119 cm³/mol. The standard InChI is InChI=1S/C24H24N2O5/c1-17-11-12-21(22(13-17)29-2)31-16-24(28)26-19-8-6-7-18(14-19)25-23(27)15-30-20-9-4-3-5-10-20/h3-14H,15-16H2,1-2H3,(H,25,27)(H,26,28). The van der Waals surface area contributed by atoms with Crippen LogP contribution < -0.4 is 24.8 Å². The number of aryl methyl sites for hydroxylation is 1. The average Bonchev–Trinajstić information content (AvgIpc) is 2.77. The summed E-state index contributed by atoms with van der Waals surface area (Å²) in [6.07, 6.45) is 0. The van der Waals surface area contributed by atoms with Crippen molar-refractivity contribution in [3.8, 4) is 17.2 Å². The number of carbonyl (C=O) groups is 2. The van der Waals surface area contributed by atoms with Crippen molar-refractivity contribution in [3.63, 3.8) is 0 Å². The fraction of sp³-hybridized carbons (Fsp3) is 0.167. The molecule has 0 aliphatic heterocycles. The third kappa shape index (κ3) is 6.78. The molecule has 2 amide bonds. The molecular formula is C24H24N2O5. The third-order valence-electron chi connectivity index (χ3n) is 4.22. The Morgan fingerprint density at radius 3 is 2.03 bits per heavy atom. The Labute approximate surface area is 180 Å². The maximum absolute atomic E-state index is 12.3. The smallest absolute Gasteiger partial charge is 0.262 e. The van der Waals surface area contributed by atoms with Crippen LogP contribution in [-0.2, 0) is 9.59 Å². The Kier molecular flexibility index (Phi) is 7.48. The highest BCUT2D eigenvalue weighted by Gasteiger charge is 2.09. The van der Waals surface area contributed by atoms with Gasteiger partial charge in [-0.25, -0.2) is 0 Å².